The summed E-state index contributed by atoms with van der Waals surface area (Å²) in [5, 5.41) is 9.16. The fourth-order valence-electron chi connectivity index (χ4n) is 2.13. The van der Waals surface area contributed by atoms with Crippen molar-refractivity contribution in [1.29, 1.82) is 0 Å². The molecule has 0 saturated carbocycles. The molecule has 0 aliphatic carbocycles. The van der Waals surface area contributed by atoms with E-state index in [9.17, 15) is 9.59 Å². The second-order valence-electron chi connectivity index (χ2n) is 5.26. The molecule has 1 heterocycles. The lowest BCUT2D eigenvalue weighted by Crippen LogP contribution is -2.18. The Bertz CT molecular complexity index is 938. The number of hydrogen-bond acceptors (Lipinski definition) is 4. The standard InChI is InChI=1S/C19H14ClN3O2S/c20-15-8-6-13(7-9-15)18(24)22-16-4-1-3-14(11-16)19(25)23-21-12-17-5-2-10-26-17/h1-12H,(H,22,24)(H,23,25)/b21-12-. The van der Waals surface area contributed by atoms with Crippen LogP contribution in [0.15, 0.2) is 71.1 Å². The zero-order valence-electron chi connectivity index (χ0n) is 13.5. The number of nitrogens with one attached hydrogen (secondary N) is 2. The Balaban J connectivity index is 1.64. The highest BCUT2D eigenvalue weighted by molar-refractivity contribution is 7.11. The van der Waals surface area contributed by atoms with Gasteiger partial charge in [-0.05, 0) is 53.9 Å². The normalized spacial score (nSPS) is 10.7. The van der Waals surface area contributed by atoms with Crippen molar-refractivity contribution in [3.05, 3.63) is 87.1 Å². The molecule has 0 unspecified atom stereocenters. The number of carbonyl (C=O) groups is 2. The molecule has 130 valence electrons. The first-order valence-corrected chi connectivity index (χ1v) is 8.91. The minimum Gasteiger partial charge on any atom is -0.322 e. The number of anilines is 1. The highest BCUT2D eigenvalue weighted by atomic mass is 35.5. The van der Waals surface area contributed by atoms with Crippen molar-refractivity contribution in [3.63, 3.8) is 0 Å². The Kier molecular flexibility index (Phi) is 5.78. The first kappa shape index (κ1) is 17.8. The van der Waals surface area contributed by atoms with Gasteiger partial charge in [0.1, 0.15) is 0 Å². The van der Waals surface area contributed by atoms with Crippen LogP contribution in [0, 0.1) is 0 Å². The van der Waals surface area contributed by atoms with Crippen LogP contribution in [0.3, 0.4) is 0 Å². The van der Waals surface area contributed by atoms with Crippen molar-refractivity contribution in [2.45, 2.75) is 0 Å². The quantitative estimate of drug-likeness (QED) is 0.505. The van der Waals surface area contributed by atoms with Crippen LogP contribution in [0.1, 0.15) is 25.6 Å². The van der Waals surface area contributed by atoms with Gasteiger partial charge in [-0.15, -0.1) is 11.3 Å². The molecule has 0 bridgehead atoms. The van der Waals surface area contributed by atoms with E-state index in [2.05, 4.69) is 15.8 Å². The van der Waals surface area contributed by atoms with Gasteiger partial charge in [0, 0.05) is 26.7 Å². The molecule has 0 aliphatic heterocycles. The topological polar surface area (TPSA) is 70.6 Å². The van der Waals surface area contributed by atoms with Gasteiger partial charge < -0.3 is 5.32 Å². The van der Waals surface area contributed by atoms with Gasteiger partial charge in [-0.1, -0.05) is 23.7 Å². The lowest BCUT2D eigenvalue weighted by molar-refractivity contribution is 0.0953. The highest BCUT2D eigenvalue weighted by Gasteiger charge is 2.09. The smallest absolute Gasteiger partial charge is 0.271 e. The third kappa shape index (κ3) is 4.78. The van der Waals surface area contributed by atoms with Gasteiger partial charge in [0.15, 0.2) is 0 Å². The fourth-order valence-corrected chi connectivity index (χ4v) is 2.84. The number of benzene rings is 2. The number of thiophene rings is 1. The summed E-state index contributed by atoms with van der Waals surface area (Å²) in [5.41, 5.74) is 3.85. The average molecular weight is 384 g/mol. The molecule has 0 fully saturated rings. The summed E-state index contributed by atoms with van der Waals surface area (Å²) in [7, 11) is 0. The van der Waals surface area contributed by atoms with Crippen molar-refractivity contribution in [2.75, 3.05) is 5.32 Å². The summed E-state index contributed by atoms with van der Waals surface area (Å²) in [5.74, 6) is -0.643. The number of hydrogen-bond donors (Lipinski definition) is 2. The molecule has 3 aromatic rings. The van der Waals surface area contributed by atoms with E-state index in [1.807, 2.05) is 17.5 Å². The van der Waals surface area contributed by atoms with Crippen LogP contribution in [0.25, 0.3) is 0 Å². The molecule has 1 aromatic heterocycles. The van der Waals surface area contributed by atoms with E-state index in [0.29, 0.717) is 21.8 Å². The zero-order chi connectivity index (χ0) is 18.4. The summed E-state index contributed by atoms with van der Waals surface area (Å²) in [6.07, 6.45) is 1.58. The van der Waals surface area contributed by atoms with Gasteiger partial charge in [0.25, 0.3) is 11.8 Å². The third-order valence-electron chi connectivity index (χ3n) is 3.39. The van der Waals surface area contributed by atoms with Crippen LogP contribution in [0.5, 0.6) is 0 Å². The van der Waals surface area contributed by atoms with E-state index >= 15 is 0 Å². The highest BCUT2D eigenvalue weighted by Crippen LogP contribution is 2.14. The molecule has 0 atom stereocenters. The molecule has 5 nitrogen and oxygen atoms in total. The molecule has 26 heavy (non-hydrogen) atoms. The number of carbonyl (C=O) groups excluding carboxylic acids is 2. The Hall–Kier alpha value is -2.96. The van der Waals surface area contributed by atoms with Gasteiger partial charge in [-0.25, -0.2) is 5.43 Å². The summed E-state index contributed by atoms with van der Waals surface area (Å²) < 4.78 is 0. The SMILES string of the molecule is O=C(N/N=C\c1cccs1)c1cccc(NC(=O)c2ccc(Cl)cc2)c1. The second kappa shape index (κ2) is 8.42. The van der Waals surface area contributed by atoms with E-state index in [1.54, 1.807) is 54.7 Å². The maximum atomic E-state index is 12.2. The zero-order valence-corrected chi connectivity index (χ0v) is 15.1. The van der Waals surface area contributed by atoms with Crippen molar-refractivity contribution >= 4 is 46.7 Å². The van der Waals surface area contributed by atoms with E-state index in [-0.39, 0.29) is 11.8 Å². The van der Waals surface area contributed by atoms with E-state index < -0.39 is 0 Å². The van der Waals surface area contributed by atoms with E-state index in [4.69, 9.17) is 11.6 Å². The molecule has 2 amide bonds. The number of amides is 2. The monoisotopic (exact) mass is 383 g/mol. The van der Waals surface area contributed by atoms with Crippen LogP contribution < -0.4 is 10.7 Å². The number of halogens is 1. The van der Waals surface area contributed by atoms with Crippen LogP contribution in [-0.4, -0.2) is 18.0 Å². The lowest BCUT2D eigenvalue weighted by Gasteiger charge is -2.07. The van der Waals surface area contributed by atoms with Crippen LogP contribution in [0.2, 0.25) is 5.02 Å². The lowest BCUT2D eigenvalue weighted by atomic mass is 10.1. The number of hydrazone groups is 1. The molecule has 7 heteroatoms. The maximum absolute atomic E-state index is 12.2. The van der Waals surface area contributed by atoms with Gasteiger partial charge in [-0.2, -0.15) is 5.10 Å². The summed E-state index contributed by atoms with van der Waals surface area (Å²) in [4.78, 5) is 25.3. The van der Waals surface area contributed by atoms with Crippen molar-refractivity contribution in [2.24, 2.45) is 5.10 Å². The molecule has 2 N–H and O–H groups in total. The Morgan fingerprint density at radius 1 is 0.962 bits per heavy atom. The largest absolute Gasteiger partial charge is 0.322 e. The third-order valence-corrected chi connectivity index (χ3v) is 4.45. The summed E-state index contributed by atoms with van der Waals surface area (Å²) in [6, 6.07) is 17.0. The predicted molar refractivity (Wildman–Crippen MR) is 105 cm³/mol. The maximum Gasteiger partial charge on any atom is 0.271 e. The average Bonchev–Trinajstić information content (AvgIpc) is 3.16. The minimum absolute atomic E-state index is 0.282. The van der Waals surface area contributed by atoms with Crippen molar-refractivity contribution in [3.8, 4) is 0 Å². The summed E-state index contributed by atoms with van der Waals surface area (Å²) in [6.45, 7) is 0. The second-order valence-corrected chi connectivity index (χ2v) is 6.67. The molecule has 0 saturated heterocycles. The van der Waals surface area contributed by atoms with Gasteiger partial charge in [0.2, 0.25) is 0 Å². The molecule has 3 rings (SSSR count). The van der Waals surface area contributed by atoms with Crippen LogP contribution >= 0.6 is 22.9 Å². The molecule has 0 aliphatic rings. The Morgan fingerprint density at radius 3 is 2.50 bits per heavy atom. The Labute approximate surface area is 159 Å². The van der Waals surface area contributed by atoms with Gasteiger partial charge >= 0.3 is 0 Å². The number of rotatable bonds is 5. The van der Waals surface area contributed by atoms with Gasteiger partial charge in [0.05, 0.1) is 6.21 Å². The molecular formula is C19H14ClN3O2S. The first-order chi connectivity index (χ1) is 12.6. The van der Waals surface area contributed by atoms with Crippen molar-refractivity contribution < 1.29 is 9.59 Å². The fraction of sp³-hybridized carbons (Fsp3) is 0. The first-order valence-electron chi connectivity index (χ1n) is 7.66. The molecule has 0 radical (unpaired) electrons. The molecular weight excluding hydrogens is 370 g/mol. The van der Waals surface area contributed by atoms with E-state index in [0.717, 1.165) is 4.88 Å². The van der Waals surface area contributed by atoms with Crippen LogP contribution in [-0.2, 0) is 0 Å². The molecule has 2 aromatic carbocycles. The van der Waals surface area contributed by atoms with Gasteiger partial charge in [-0.3, -0.25) is 9.59 Å². The van der Waals surface area contributed by atoms with Crippen molar-refractivity contribution in [1.82, 2.24) is 5.43 Å². The predicted octanol–water partition coefficient (Wildman–Crippen LogP) is 4.42. The van der Waals surface area contributed by atoms with E-state index in [1.165, 1.54) is 11.3 Å². The summed E-state index contributed by atoms with van der Waals surface area (Å²) >= 11 is 7.34. The number of nitrogens with zero attached hydrogens (tertiary/aromatic N) is 1. The molecule has 0 spiro atoms. The Morgan fingerprint density at radius 2 is 1.77 bits per heavy atom. The van der Waals surface area contributed by atoms with Crippen LogP contribution in [0.4, 0.5) is 5.69 Å². The minimum atomic E-state index is -0.361.